The molecule has 7 nitrogen and oxygen atoms in total. The third-order valence-corrected chi connectivity index (χ3v) is 3.74. The molecule has 1 heterocycles. The summed E-state index contributed by atoms with van der Waals surface area (Å²) in [4.78, 5) is 36.7. The van der Waals surface area contributed by atoms with Gasteiger partial charge in [0, 0.05) is 6.42 Å². The van der Waals surface area contributed by atoms with Crippen molar-refractivity contribution in [1.29, 1.82) is 0 Å². The van der Waals surface area contributed by atoms with E-state index in [1.807, 2.05) is 0 Å². The third-order valence-electron chi connectivity index (χ3n) is 3.74. The normalized spacial score (nSPS) is 17.0. The van der Waals surface area contributed by atoms with Gasteiger partial charge in [-0.2, -0.15) is 0 Å². The summed E-state index contributed by atoms with van der Waals surface area (Å²) < 4.78 is 0. The Labute approximate surface area is 137 Å². The van der Waals surface area contributed by atoms with E-state index in [4.69, 9.17) is 0 Å². The van der Waals surface area contributed by atoms with Crippen molar-refractivity contribution in [3.63, 3.8) is 0 Å². The number of hydrogen-bond donors (Lipinski definition) is 3. The van der Waals surface area contributed by atoms with Crippen LogP contribution < -0.4 is 10.4 Å². The van der Waals surface area contributed by atoms with E-state index in [2.05, 4.69) is 5.43 Å². The van der Waals surface area contributed by atoms with Crippen molar-refractivity contribution >= 4 is 23.3 Å². The summed E-state index contributed by atoms with van der Waals surface area (Å²) in [6.07, 6.45) is -0.398. The number of Topliss-reactive ketones (excluding diaryl/α,β-unsaturated/α-hetero) is 1. The Hall–Kier alpha value is -3.35. The molecular formula is C17H14N2O5. The van der Waals surface area contributed by atoms with Crippen molar-refractivity contribution < 1.29 is 24.6 Å². The van der Waals surface area contributed by atoms with Crippen LogP contribution in [0.2, 0.25) is 0 Å². The average Bonchev–Trinajstić information content (AvgIpc) is 2.86. The van der Waals surface area contributed by atoms with Gasteiger partial charge < -0.3 is 10.2 Å². The number of amides is 2. The predicted octanol–water partition coefficient (Wildman–Crippen LogP) is 1.36. The van der Waals surface area contributed by atoms with Crippen LogP contribution in [0, 0.1) is 5.92 Å². The molecule has 1 unspecified atom stereocenters. The topological polar surface area (TPSA) is 107 Å². The lowest BCUT2D eigenvalue weighted by Crippen LogP contribution is -2.35. The smallest absolute Gasteiger partial charge is 0.258 e. The quantitative estimate of drug-likeness (QED) is 0.447. The fourth-order valence-corrected chi connectivity index (χ4v) is 2.50. The number of nitrogens with zero attached hydrogens (tertiary/aromatic N) is 1. The van der Waals surface area contributed by atoms with Gasteiger partial charge in [-0.05, 0) is 30.3 Å². The van der Waals surface area contributed by atoms with Crippen molar-refractivity contribution in [3.8, 4) is 11.5 Å². The van der Waals surface area contributed by atoms with Gasteiger partial charge >= 0.3 is 0 Å². The minimum absolute atomic E-state index is 0.131. The van der Waals surface area contributed by atoms with Gasteiger partial charge in [0.25, 0.3) is 11.8 Å². The molecule has 122 valence electrons. The van der Waals surface area contributed by atoms with Crippen LogP contribution >= 0.6 is 0 Å². The molecule has 24 heavy (non-hydrogen) atoms. The highest BCUT2D eigenvalue weighted by Gasteiger charge is 2.41. The molecule has 0 spiro atoms. The number of anilines is 1. The van der Waals surface area contributed by atoms with Crippen LogP contribution in [0.4, 0.5) is 5.69 Å². The van der Waals surface area contributed by atoms with Crippen LogP contribution in [-0.4, -0.2) is 27.8 Å². The van der Waals surface area contributed by atoms with Gasteiger partial charge in [0.05, 0.1) is 11.3 Å². The number of ketones is 1. The van der Waals surface area contributed by atoms with Gasteiger partial charge in [-0.15, -0.1) is 0 Å². The molecule has 2 aromatic carbocycles. The molecule has 1 fully saturated rings. The third kappa shape index (κ3) is 2.79. The van der Waals surface area contributed by atoms with Gasteiger partial charge in [-0.1, -0.05) is 18.2 Å². The van der Waals surface area contributed by atoms with Crippen molar-refractivity contribution in [1.82, 2.24) is 5.43 Å². The first-order valence-electron chi connectivity index (χ1n) is 7.22. The zero-order chi connectivity index (χ0) is 17.3. The number of carbonyl (C=O) groups excluding carboxylic acids is 3. The maximum Gasteiger partial charge on any atom is 0.258 e. The van der Waals surface area contributed by atoms with E-state index in [-0.39, 0.29) is 17.1 Å². The zero-order valence-electron chi connectivity index (χ0n) is 12.5. The summed E-state index contributed by atoms with van der Waals surface area (Å²) in [5.41, 5.74) is 2.79. The molecule has 7 heteroatoms. The number of phenols is 2. The second kappa shape index (κ2) is 6.04. The number of phenolic OH excluding ortho intramolecular Hbond substituents is 2. The highest BCUT2D eigenvalue weighted by atomic mass is 16.3. The molecule has 1 atom stereocenters. The van der Waals surface area contributed by atoms with E-state index >= 15 is 0 Å². The SMILES string of the molecule is O=C(CC1C(=O)NN(c2ccccc2)C1=O)c1cc(O)ccc1O. The summed E-state index contributed by atoms with van der Waals surface area (Å²) >= 11 is 0. The number of hydrazine groups is 1. The molecule has 2 amide bonds. The molecule has 2 aromatic rings. The highest BCUT2D eigenvalue weighted by Crippen LogP contribution is 2.27. The van der Waals surface area contributed by atoms with Crippen molar-refractivity contribution in [2.75, 3.05) is 5.01 Å². The molecule has 0 saturated carbocycles. The number of benzene rings is 2. The van der Waals surface area contributed by atoms with Gasteiger partial charge in [0.15, 0.2) is 5.78 Å². The molecule has 0 bridgehead atoms. The summed E-state index contributed by atoms with van der Waals surface area (Å²) in [7, 11) is 0. The second-order valence-electron chi connectivity index (χ2n) is 5.37. The Morgan fingerprint density at radius 1 is 1.08 bits per heavy atom. The minimum Gasteiger partial charge on any atom is -0.508 e. The molecule has 1 aliphatic rings. The summed E-state index contributed by atoms with van der Waals surface area (Å²) in [6, 6.07) is 12.0. The number of hydrogen-bond acceptors (Lipinski definition) is 5. The van der Waals surface area contributed by atoms with Crippen LogP contribution in [-0.2, 0) is 9.59 Å². The highest BCUT2D eigenvalue weighted by molar-refractivity contribution is 6.17. The zero-order valence-corrected chi connectivity index (χ0v) is 12.5. The number of para-hydroxylation sites is 1. The number of aromatic hydroxyl groups is 2. The van der Waals surface area contributed by atoms with Gasteiger partial charge in [0.1, 0.15) is 17.4 Å². The largest absolute Gasteiger partial charge is 0.508 e. The first kappa shape index (κ1) is 15.5. The Morgan fingerprint density at radius 2 is 1.79 bits per heavy atom. The summed E-state index contributed by atoms with van der Waals surface area (Å²) in [5, 5.41) is 20.2. The summed E-state index contributed by atoms with van der Waals surface area (Å²) in [5.74, 6) is -3.42. The Morgan fingerprint density at radius 3 is 2.50 bits per heavy atom. The van der Waals surface area contributed by atoms with E-state index in [0.717, 1.165) is 11.1 Å². The molecule has 0 radical (unpaired) electrons. The van der Waals surface area contributed by atoms with Crippen molar-refractivity contribution in [3.05, 3.63) is 54.1 Å². The molecule has 1 saturated heterocycles. The Bertz CT molecular complexity index is 819. The fraction of sp³-hybridized carbons (Fsp3) is 0.118. The molecule has 3 rings (SSSR count). The molecule has 3 N–H and O–H groups in total. The van der Waals surface area contributed by atoms with E-state index in [0.29, 0.717) is 5.69 Å². The second-order valence-corrected chi connectivity index (χ2v) is 5.37. The molecular weight excluding hydrogens is 312 g/mol. The average molecular weight is 326 g/mol. The predicted molar refractivity (Wildman–Crippen MR) is 84.3 cm³/mol. The van der Waals surface area contributed by atoms with Crippen LogP contribution in [0.1, 0.15) is 16.8 Å². The van der Waals surface area contributed by atoms with E-state index < -0.39 is 29.9 Å². The monoisotopic (exact) mass is 326 g/mol. The maximum absolute atomic E-state index is 12.4. The van der Waals surface area contributed by atoms with Gasteiger partial charge in [0.2, 0.25) is 0 Å². The number of carbonyl (C=O) groups is 3. The lowest BCUT2D eigenvalue weighted by atomic mass is 9.97. The fourth-order valence-electron chi connectivity index (χ4n) is 2.50. The van der Waals surface area contributed by atoms with E-state index in [9.17, 15) is 24.6 Å². The van der Waals surface area contributed by atoms with Crippen molar-refractivity contribution in [2.45, 2.75) is 6.42 Å². The minimum atomic E-state index is -1.18. The number of nitrogens with one attached hydrogen (secondary N) is 1. The van der Waals surface area contributed by atoms with E-state index in [1.165, 1.54) is 12.1 Å². The molecule has 0 aliphatic carbocycles. The Balaban J connectivity index is 1.80. The summed E-state index contributed by atoms with van der Waals surface area (Å²) in [6.45, 7) is 0. The number of rotatable bonds is 4. The van der Waals surface area contributed by atoms with Gasteiger partial charge in [-0.25, -0.2) is 5.01 Å². The lowest BCUT2D eigenvalue weighted by Gasteiger charge is -2.15. The lowest BCUT2D eigenvalue weighted by molar-refractivity contribution is -0.127. The first-order valence-corrected chi connectivity index (χ1v) is 7.22. The van der Waals surface area contributed by atoms with Crippen LogP contribution in [0.5, 0.6) is 11.5 Å². The van der Waals surface area contributed by atoms with Crippen LogP contribution in [0.25, 0.3) is 0 Å². The first-order chi connectivity index (χ1) is 11.5. The van der Waals surface area contributed by atoms with Crippen molar-refractivity contribution in [2.24, 2.45) is 5.92 Å². The standard InChI is InChI=1S/C17H14N2O5/c20-11-6-7-14(21)12(8-11)15(22)9-13-16(23)18-19(17(13)24)10-4-2-1-3-5-10/h1-8,13,20-21H,9H2,(H,18,23). The van der Waals surface area contributed by atoms with Gasteiger partial charge in [-0.3, -0.25) is 19.8 Å². The molecule has 1 aliphatic heterocycles. The maximum atomic E-state index is 12.4. The molecule has 0 aromatic heterocycles. The van der Waals surface area contributed by atoms with E-state index in [1.54, 1.807) is 30.3 Å². The van der Waals surface area contributed by atoms with Crippen LogP contribution in [0.15, 0.2) is 48.5 Å². The Kier molecular flexibility index (Phi) is 3.91. The van der Waals surface area contributed by atoms with Crippen LogP contribution in [0.3, 0.4) is 0 Å².